The third-order valence-corrected chi connectivity index (χ3v) is 8.33. The molecular weight excluding hydrogens is 713 g/mol. The monoisotopic (exact) mass is 815 g/mol. The third-order valence-electron chi connectivity index (χ3n) is 8.33. The quantitative estimate of drug-likeness (QED) is 0.0528. The lowest BCUT2D eigenvalue weighted by Crippen LogP contribution is -2.36. The molecule has 9 unspecified atom stereocenters. The molecule has 0 heterocycles. The van der Waals surface area contributed by atoms with Crippen molar-refractivity contribution < 1.29 is 37.9 Å². The molecule has 12 heteroatoms. The van der Waals surface area contributed by atoms with Gasteiger partial charge in [-0.05, 0) is 91.9 Å². The summed E-state index contributed by atoms with van der Waals surface area (Å²) in [5.74, 6) is 1.26. The van der Waals surface area contributed by atoms with Crippen molar-refractivity contribution >= 4 is 0 Å². The van der Waals surface area contributed by atoms with Gasteiger partial charge in [-0.1, -0.05) is 95.9 Å². The molecule has 0 amide bonds. The number of rotatable bonds is 29. The van der Waals surface area contributed by atoms with Gasteiger partial charge in [0.1, 0.15) is 0 Å². The van der Waals surface area contributed by atoms with E-state index < -0.39 is 11.6 Å². The minimum atomic E-state index is -0.518. The zero-order chi connectivity index (χ0) is 43.6. The van der Waals surface area contributed by atoms with Crippen LogP contribution in [0.25, 0.3) is 0 Å². The van der Waals surface area contributed by atoms with E-state index in [0.717, 1.165) is 58.5 Å². The maximum atomic E-state index is 5.78. The molecule has 56 heavy (non-hydrogen) atoms. The van der Waals surface area contributed by atoms with Gasteiger partial charge in [0.25, 0.3) is 0 Å². The summed E-state index contributed by atoms with van der Waals surface area (Å²) in [5, 5.41) is 0. The van der Waals surface area contributed by atoms with E-state index >= 15 is 0 Å². The molecule has 0 rings (SSSR count). The Bertz CT molecular complexity index is 750. The van der Waals surface area contributed by atoms with Gasteiger partial charge in [0.2, 0.25) is 0 Å². The van der Waals surface area contributed by atoms with E-state index in [0.29, 0.717) is 50.1 Å². The van der Waals surface area contributed by atoms with Crippen LogP contribution in [0.5, 0.6) is 0 Å². The van der Waals surface area contributed by atoms with Crippen molar-refractivity contribution in [2.75, 3.05) is 52.9 Å². The van der Waals surface area contributed by atoms with E-state index in [-0.39, 0.29) is 44.2 Å². The predicted molar refractivity (Wildman–Crippen MR) is 238 cm³/mol. The zero-order valence-electron chi connectivity index (χ0n) is 39.5. The van der Waals surface area contributed by atoms with Crippen molar-refractivity contribution in [1.82, 2.24) is 0 Å². The fourth-order valence-corrected chi connectivity index (χ4v) is 3.27. The predicted octanol–water partition coefficient (Wildman–Crippen LogP) is 8.84. The number of nitrogens with two attached hydrogens (primary N) is 4. The van der Waals surface area contributed by atoms with E-state index in [9.17, 15) is 0 Å². The van der Waals surface area contributed by atoms with Gasteiger partial charge in [-0.3, -0.25) is 0 Å². The Morgan fingerprint density at radius 2 is 0.679 bits per heavy atom. The molecule has 0 radical (unpaired) electrons. The number of hydrogen-bond donors (Lipinski definition) is 4. The van der Waals surface area contributed by atoms with Gasteiger partial charge in [0.15, 0.2) is 24.2 Å². The highest BCUT2D eigenvalue weighted by Gasteiger charge is 2.21. The van der Waals surface area contributed by atoms with Crippen molar-refractivity contribution in [1.29, 1.82) is 0 Å². The second-order valence-electron chi connectivity index (χ2n) is 16.7. The van der Waals surface area contributed by atoms with Crippen LogP contribution in [0.4, 0.5) is 0 Å². The smallest absolute Gasteiger partial charge is 0.162 e. The van der Waals surface area contributed by atoms with E-state index in [1.165, 1.54) is 0 Å². The van der Waals surface area contributed by atoms with Crippen molar-refractivity contribution in [3.63, 3.8) is 0 Å². The van der Waals surface area contributed by atoms with Crippen LogP contribution in [0.2, 0.25) is 0 Å². The van der Waals surface area contributed by atoms with E-state index in [4.69, 9.17) is 60.8 Å². The summed E-state index contributed by atoms with van der Waals surface area (Å²) >= 11 is 0. The molecule has 9 atom stereocenters. The van der Waals surface area contributed by atoms with Crippen LogP contribution in [0.15, 0.2) is 0 Å². The molecule has 0 bridgehead atoms. The minimum Gasteiger partial charge on any atom is -0.353 e. The molecule has 346 valence electrons. The van der Waals surface area contributed by atoms with Crippen LogP contribution in [-0.4, -0.2) is 101 Å². The first-order valence-electron chi connectivity index (χ1n) is 21.4. The average molecular weight is 815 g/mol. The van der Waals surface area contributed by atoms with Crippen LogP contribution < -0.4 is 22.9 Å². The first-order chi connectivity index (χ1) is 25.4. The van der Waals surface area contributed by atoms with Gasteiger partial charge < -0.3 is 60.8 Å². The molecule has 0 aliphatic heterocycles. The van der Waals surface area contributed by atoms with Crippen molar-refractivity contribution in [3.8, 4) is 0 Å². The Kier molecular flexibility index (Phi) is 46.1. The fourth-order valence-electron chi connectivity index (χ4n) is 3.27. The van der Waals surface area contributed by atoms with Crippen molar-refractivity contribution in [2.24, 2.45) is 46.6 Å². The topological polar surface area (TPSA) is 178 Å². The maximum absolute atomic E-state index is 5.78. The van der Waals surface area contributed by atoms with Crippen LogP contribution in [-0.2, 0) is 37.9 Å². The maximum Gasteiger partial charge on any atom is 0.162 e. The summed E-state index contributed by atoms with van der Waals surface area (Å²) in [6.45, 7) is 41.9. The number of hydrogen-bond acceptors (Lipinski definition) is 12. The molecule has 0 aromatic rings. The molecule has 0 aliphatic rings. The second kappa shape index (κ2) is 40.0. The van der Waals surface area contributed by atoms with E-state index in [1.54, 1.807) is 0 Å². The Morgan fingerprint density at radius 1 is 0.375 bits per heavy atom. The lowest BCUT2D eigenvalue weighted by molar-refractivity contribution is -0.220. The molecule has 0 saturated carbocycles. The first kappa shape index (κ1) is 64.7. The number of ether oxygens (including phenoxy) is 8. The van der Waals surface area contributed by atoms with Gasteiger partial charge in [-0.15, -0.1) is 0 Å². The molecular formula is C44H102N4O8. The lowest BCUT2D eigenvalue weighted by atomic mass is 10.1. The van der Waals surface area contributed by atoms with E-state index in [2.05, 4.69) is 69.2 Å². The molecule has 0 aromatic carbocycles. The Hall–Kier alpha value is -0.480. The highest BCUT2D eigenvalue weighted by Crippen LogP contribution is 2.16. The Balaban J connectivity index is -0.000000206. The molecule has 12 nitrogen and oxygen atoms in total. The summed E-state index contributed by atoms with van der Waals surface area (Å²) in [6.07, 6.45) is 4.99. The largest absolute Gasteiger partial charge is 0.353 e. The van der Waals surface area contributed by atoms with Gasteiger partial charge >= 0.3 is 0 Å². The van der Waals surface area contributed by atoms with Gasteiger partial charge in [-0.2, -0.15) is 0 Å². The van der Waals surface area contributed by atoms with Crippen LogP contribution in [0, 0.1) is 23.7 Å². The molecule has 0 fully saturated rings. The van der Waals surface area contributed by atoms with E-state index in [1.807, 2.05) is 55.4 Å². The normalized spacial score (nSPS) is 16.6. The molecule has 0 aromatic heterocycles. The second-order valence-corrected chi connectivity index (χ2v) is 16.7. The zero-order valence-corrected chi connectivity index (χ0v) is 39.5. The molecule has 0 aliphatic carbocycles. The third kappa shape index (κ3) is 51.5. The average Bonchev–Trinajstić information content (AvgIpc) is 3.14. The van der Waals surface area contributed by atoms with Crippen LogP contribution in [0.3, 0.4) is 0 Å². The van der Waals surface area contributed by atoms with Gasteiger partial charge in [0, 0.05) is 24.2 Å². The minimum absolute atomic E-state index is 0. The summed E-state index contributed by atoms with van der Waals surface area (Å²) in [4.78, 5) is 0. The van der Waals surface area contributed by atoms with Crippen LogP contribution in [0.1, 0.15) is 164 Å². The van der Waals surface area contributed by atoms with Gasteiger partial charge in [-0.25, -0.2) is 0 Å². The first-order valence-corrected chi connectivity index (χ1v) is 21.4. The summed E-state index contributed by atoms with van der Waals surface area (Å²) in [7, 11) is 0. The standard InChI is InChI=1S/C12H27NO2.2C11H25NO2.C9H21NO2.CH4/c1-6-10(3)8-14-12(4,5)15-9-11(13)7-2;1-6-9(2)7-13-11(4,5)14-8-10(3)12;1-5-9(3)7-13-10(4)14-8-11(12)6-2;1-7(2)5-11-9(4)12-6-8(3)10;/h10-11H,6-9,13H2,1-5H3;9-10H,6-8,12H2,1-5H3;9-11H,5-8,12H2,1-4H3;7-9H,5-6,10H2,1-4H3;1H4. The SMILES string of the molecule is C.CC(C)COC(C)OCC(C)N.CCC(C)COC(C)(C)OCC(C)N.CCC(C)COC(C)(C)OCC(N)CC.CCC(C)COC(C)OCC(N)CC. The summed E-state index contributed by atoms with van der Waals surface area (Å²) < 4.78 is 44.2. The lowest BCUT2D eigenvalue weighted by Gasteiger charge is -2.28. The van der Waals surface area contributed by atoms with Gasteiger partial charge in [0.05, 0.1) is 52.9 Å². The van der Waals surface area contributed by atoms with Crippen LogP contribution >= 0.6 is 0 Å². The molecule has 0 saturated heterocycles. The highest BCUT2D eigenvalue weighted by molar-refractivity contribution is 4.62. The Morgan fingerprint density at radius 3 is 1.04 bits per heavy atom. The summed E-state index contributed by atoms with van der Waals surface area (Å²) in [5.41, 5.74) is 22.6. The molecule has 8 N–H and O–H groups in total. The Labute approximate surface area is 349 Å². The fraction of sp³-hybridized carbons (Fsp3) is 1.00. The van der Waals surface area contributed by atoms with Crippen molar-refractivity contribution in [2.45, 2.75) is 212 Å². The molecule has 0 spiro atoms. The highest BCUT2D eigenvalue weighted by atomic mass is 16.7. The van der Waals surface area contributed by atoms with Crippen molar-refractivity contribution in [3.05, 3.63) is 0 Å². The summed E-state index contributed by atoms with van der Waals surface area (Å²) in [6, 6.07) is 0.373.